The maximum atomic E-state index is 10.9. The van der Waals surface area contributed by atoms with Crippen LogP contribution in [0.15, 0.2) is 0 Å². The molecule has 2 N–H and O–H groups in total. The highest BCUT2D eigenvalue weighted by molar-refractivity contribution is 5.72. The van der Waals surface area contributed by atoms with Gasteiger partial charge in [0.2, 0.25) is 12.2 Å². The van der Waals surface area contributed by atoms with Crippen molar-refractivity contribution in [1.29, 1.82) is 10.8 Å². The molecule has 0 aromatic carbocycles. The largest absolute Gasteiger partial charge is 0.469 e. The van der Waals surface area contributed by atoms with E-state index in [1.807, 2.05) is 0 Å². The molecule has 0 bridgehead atoms. The Balaban J connectivity index is 0. The van der Waals surface area contributed by atoms with E-state index in [1.165, 1.54) is 26.4 Å². The van der Waals surface area contributed by atoms with Crippen LogP contribution in [0.3, 0.4) is 0 Å². The summed E-state index contributed by atoms with van der Waals surface area (Å²) < 4.78 is 4.65. The van der Waals surface area contributed by atoms with Gasteiger partial charge in [0.25, 0.3) is 0 Å². The summed E-state index contributed by atoms with van der Waals surface area (Å²) >= 11 is 0. The third kappa shape index (κ3) is 10.3. The van der Waals surface area contributed by atoms with Gasteiger partial charge in [0.05, 0.1) is 13.0 Å². The lowest BCUT2D eigenvalue weighted by atomic mass is 9.89. The first-order chi connectivity index (χ1) is 7.67. The van der Waals surface area contributed by atoms with Gasteiger partial charge in [-0.05, 0) is 12.8 Å². The Morgan fingerprint density at radius 3 is 1.81 bits per heavy atom. The van der Waals surface area contributed by atoms with E-state index in [1.54, 1.807) is 0 Å². The number of esters is 1. The summed E-state index contributed by atoms with van der Waals surface area (Å²) in [5.74, 6) is 0.193. The van der Waals surface area contributed by atoms with E-state index in [0.717, 1.165) is 25.0 Å². The Bertz CT molecular complexity index is 236. The molecule has 0 aromatic rings. The van der Waals surface area contributed by atoms with Crippen molar-refractivity contribution in [1.82, 2.24) is 0 Å². The number of carbonyl (C=O) groups excluding carboxylic acids is 3. The summed E-state index contributed by atoms with van der Waals surface area (Å²) in [5.41, 5.74) is 0. The predicted molar refractivity (Wildman–Crippen MR) is 55.4 cm³/mol. The first kappa shape index (κ1) is 16.7. The molecular formula is C10H16N2O4. The monoisotopic (exact) mass is 228 g/mol. The lowest BCUT2D eigenvalue weighted by molar-refractivity contribution is -0.146. The minimum Gasteiger partial charge on any atom is -0.469 e. The quantitative estimate of drug-likeness (QED) is 0.403. The molecule has 0 atom stereocenters. The van der Waals surface area contributed by atoms with Gasteiger partial charge < -0.3 is 4.74 Å². The van der Waals surface area contributed by atoms with Gasteiger partial charge >= 0.3 is 5.97 Å². The van der Waals surface area contributed by atoms with E-state index >= 15 is 0 Å². The van der Waals surface area contributed by atoms with Crippen LogP contribution in [-0.2, 0) is 19.1 Å². The smallest absolute Gasteiger partial charge is 0.308 e. The molecule has 0 aliphatic heterocycles. The van der Waals surface area contributed by atoms with Crippen molar-refractivity contribution < 1.29 is 19.1 Å². The normalized spacial score (nSPS) is 13.8. The molecule has 90 valence electrons. The Morgan fingerprint density at radius 2 is 1.50 bits per heavy atom. The van der Waals surface area contributed by atoms with E-state index in [9.17, 15) is 4.79 Å². The van der Waals surface area contributed by atoms with Crippen molar-refractivity contribution in [3.05, 3.63) is 0 Å². The van der Waals surface area contributed by atoms with Gasteiger partial charge in [-0.2, -0.15) is 0 Å². The fourth-order valence-corrected chi connectivity index (χ4v) is 1.50. The van der Waals surface area contributed by atoms with Crippen molar-refractivity contribution >= 4 is 18.1 Å². The minimum absolute atomic E-state index is 0.0142. The van der Waals surface area contributed by atoms with Crippen molar-refractivity contribution in [2.75, 3.05) is 7.11 Å². The average molecular weight is 228 g/mol. The van der Waals surface area contributed by atoms with Crippen LogP contribution >= 0.6 is 0 Å². The van der Waals surface area contributed by atoms with Crippen molar-refractivity contribution in [3.8, 4) is 0 Å². The van der Waals surface area contributed by atoms with Crippen molar-refractivity contribution in [2.45, 2.75) is 32.1 Å². The van der Waals surface area contributed by atoms with E-state index in [-0.39, 0.29) is 11.9 Å². The molecule has 1 aliphatic carbocycles. The lowest BCUT2D eigenvalue weighted by Crippen LogP contribution is -2.18. The highest BCUT2D eigenvalue weighted by atomic mass is 16.5. The summed E-state index contributed by atoms with van der Waals surface area (Å²) in [6.45, 7) is 0. The minimum atomic E-state index is -0.0142. The average Bonchev–Trinajstić information content (AvgIpc) is 2.31. The summed E-state index contributed by atoms with van der Waals surface area (Å²) in [4.78, 5) is 27.6. The molecule has 6 nitrogen and oxygen atoms in total. The summed E-state index contributed by atoms with van der Waals surface area (Å²) in [6.07, 6.45) is 7.24. The number of isocyanates is 2. The van der Waals surface area contributed by atoms with Crippen LogP contribution in [0.2, 0.25) is 0 Å². The Hall–Kier alpha value is -1.77. The zero-order chi connectivity index (χ0) is 12.8. The third-order valence-corrected chi connectivity index (χ3v) is 2.14. The SMILES string of the molecule is COC(=O)C1CCCCC1.N=C=O.N=C=O. The standard InChI is InChI=1S/C8H14O2.2CHNO/c1-10-8(9)7-5-3-2-4-6-7;2*2-1-3/h7H,2-6H2,1H3;2*2H. The Kier molecular flexibility index (Phi) is 13.8. The first-order valence-corrected chi connectivity index (χ1v) is 4.83. The molecule has 1 saturated carbocycles. The molecule has 6 heteroatoms. The summed E-state index contributed by atoms with van der Waals surface area (Å²) in [5, 5.41) is 10.8. The van der Waals surface area contributed by atoms with Gasteiger partial charge in [-0.3, -0.25) is 4.79 Å². The number of hydrogen-bond acceptors (Lipinski definition) is 6. The fourth-order valence-electron chi connectivity index (χ4n) is 1.50. The predicted octanol–water partition coefficient (Wildman–Crippen LogP) is 1.54. The molecule has 0 unspecified atom stereocenters. The zero-order valence-corrected chi connectivity index (χ0v) is 9.25. The Labute approximate surface area is 94.0 Å². The van der Waals surface area contributed by atoms with Crippen molar-refractivity contribution in [2.24, 2.45) is 5.92 Å². The van der Waals surface area contributed by atoms with Gasteiger partial charge in [-0.25, -0.2) is 20.4 Å². The van der Waals surface area contributed by atoms with E-state index in [2.05, 4.69) is 4.74 Å². The maximum absolute atomic E-state index is 10.9. The summed E-state index contributed by atoms with van der Waals surface area (Å²) in [6, 6.07) is 0. The number of nitrogens with one attached hydrogen (secondary N) is 2. The second-order valence-corrected chi connectivity index (χ2v) is 3.06. The van der Waals surface area contributed by atoms with Crippen molar-refractivity contribution in [3.63, 3.8) is 0 Å². The van der Waals surface area contributed by atoms with Gasteiger partial charge in [0, 0.05) is 0 Å². The molecule has 0 amide bonds. The second kappa shape index (κ2) is 13.2. The van der Waals surface area contributed by atoms with Gasteiger partial charge in [-0.15, -0.1) is 0 Å². The van der Waals surface area contributed by atoms with Crippen LogP contribution in [0.25, 0.3) is 0 Å². The third-order valence-electron chi connectivity index (χ3n) is 2.14. The van der Waals surface area contributed by atoms with E-state index < -0.39 is 0 Å². The topological polar surface area (TPSA) is 108 Å². The number of methoxy groups -OCH3 is 1. The molecule has 16 heavy (non-hydrogen) atoms. The van der Waals surface area contributed by atoms with Crippen LogP contribution in [0.1, 0.15) is 32.1 Å². The molecule has 1 fully saturated rings. The molecule has 0 saturated heterocycles. The van der Waals surface area contributed by atoms with Crippen LogP contribution < -0.4 is 0 Å². The number of ether oxygens (including phenoxy) is 1. The molecule has 0 heterocycles. The molecule has 1 rings (SSSR count). The molecule has 0 radical (unpaired) electrons. The molecular weight excluding hydrogens is 212 g/mol. The molecule has 1 aliphatic rings. The van der Waals surface area contributed by atoms with E-state index in [4.69, 9.17) is 20.4 Å². The molecule has 0 aromatic heterocycles. The summed E-state index contributed by atoms with van der Waals surface area (Å²) in [7, 11) is 1.47. The molecule has 0 spiro atoms. The number of carbonyl (C=O) groups is 1. The van der Waals surface area contributed by atoms with Crippen LogP contribution in [0, 0.1) is 16.7 Å². The zero-order valence-electron chi connectivity index (χ0n) is 9.25. The highest BCUT2D eigenvalue weighted by Crippen LogP contribution is 2.24. The van der Waals surface area contributed by atoms with Gasteiger partial charge in [-0.1, -0.05) is 19.3 Å². The fraction of sp³-hybridized carbons (Fsp3) is 0.700. The highest BCUT2D eigenvalue weighted by Gasteiger charge is 2.20. The van der Waals surface area contributed by atoms with Gasteiger partial charge in [0.15, 0.2) is 0 Å². The maximum Gasteiger partial charge on any atom is 0.308 e. The van der Waals surface area contributed by atoms with E-state index in [0.29, 0.717) is 0 Å². The Morgan fingerprint density at radius 1 is 1.12 bits per heavy atom. The lowest BCUT2D eigenvalue weighted by Gasteiger charge is -2.18. The van der Waals surface area contributed by atoms with Crippen LogP contribution in [0.4, 0.5) is 0 Å². The number of rotatable bonds is 1. The van der Waals surface area contributed by atoms with Crippen LogP contribution in [0.5, 0.6) is 0 Å². The first-order valence-electron chi connectivity index (χ1n) is 4.83. The van der Waals surface area contributed by atoms with Crippen LogP contribution in [-0.4, -0.2) is 25.2 Å². The van der Waals surface area contributed by atoms with Gasteiger partial charge in [0.1, 0.15) is 0 Å². The second-order valence-electron chi connectivity index (χ2n) is 3.06. The number of hydrogen-bond donors (Lipinski definition) is 2.